The van der Waals surface area contributed by atoms with E-state index in [0.717, 1.165) is 30.6 Å². The average molecular weight is 655 g/mol. The number of carbonyl (C=O) groups is 2. The number of hydrogen-bond acceptors (Lipinski definition) is 6. The maximum absolute atomic E-state index is 14.1. The summed E-state index contributed by atoms with van der Waals surface area (Å²) >= 11 is -1.09. The molecule has 2 fully saturated rings. The molecule has 0 bridgehead atoms. The van der Waals surface area contributed by atoms with Gasteiger partial charge in [-0.2, -0.15) is 0 Å². The third kappa shape index (κ3) is 7.94. The zero-order valence-electron chi connectivity index (χ0n) is 24.3. The van der Waals surface area contributed by atoms with Crippen molar-refractivity contribution < 1.29 is 14.3 Å². The predicted octanol–water partition coefficient (Wildman–Crippen LogP) is 5.48. The van der Waals surface area contributed by atoms with Crippen molar-refractivity contribution in [2.24, 2.45) is 13.0 Å². The molecule has 5 rings (SSSR count). The van der Waals surface area contributed by atoms with Crippen molar-refractivity contribution in [1.29, 1.82) is 0 Å². The number of carbonyl (C=O) groups excluding carboxylic acids is 2. The molecule has 2 saturated heterocycles. The molecule has 7 nitrogen and oxygen atoms in total. The van der Waals surface area contributed by atoms with Gasteiger partial charge in [-0.1, -0.05) is 18.2 Å². The van der Waals surface area contributed by atoms with Crippen molar-refractivity contribution in [2.45, 2.75) is 45.6 Å². The Bertz CT molecular complexity index is 1330. The molecule has 0 radical (unpaired) electrons. The van der Waals surface area contributed by atoms with Crippen molar-refractivity contribution in [3.63, 3.8) is 0 Å². The second-order valence-electron chi connectivity index (χ2n) is 11.6. The van der Waals surface area contributed by atoms with Gasteiger partial charge in [0, 0.05) is 0 Å². The molecular weight excluding hydrogens is 615 g/mol. The molecule has 2 aromatic carbocycles. The van der Waals surface area contributed by atoms with Gasteiger partial charge in [0.15, 0.2) is 0 Å². The minimum absolute atomic E-state index is 0.0790. The molecule has 0 saturated carbocycles. The monoisotopic (exact) mass is 654 g/mol. The minimum Gasteiger partial charge on any atom is -0.0622 e. The van der Waals surface area contributed by atoms with E-state index in [1.807, 2.05) is 61.7 Å². The van der Waals surface area contributed by atoms with E-state index in [2.05, 4.69) is 61.5 Å². The fourth-order valence-corrected chi connectivity index (χ4v) is 19.2. The molecule has 2 aliphatic heterocycles. The molecule has 0 unspecified atom stereocenters. The zero-order chi connectivity index (χ0) is 29.0. The molecule has 0 spiro atoms. The van der Waals surface area contributed by atoms with Crippen LogP contribution in [0.15, 0.2) is 60.7 Å². The number of anilines is 1. The van der Waals surface area contributed by atoms with Crippen LogP contribution in [0.4, 0.5) is 10.5 Å². The van der Waals surface area contributed by atoms with E-state index in [0.29, 0.717) is 25.3 Å². The third-order valence-corrected chi connectivity index (χ3v) is 21.0. The summed E-state index contributed by atoms with van der Waals surface area (Å²) in [6.07, 6.45) is 2.11. The molecule has 2 amide bonds. The molecule has 0 aliphatic carbocycles. The molecule has 0 atom stereocenters. The first kappa shape index (κ1) is 30.1. The van der Waals surface area contributed by atoms with E-state index < -0.39 is 17.9 Å². The number of hydrogen-bond donors (Lipinski definition) is 0. The first-order valence-corrected chi connectivity index (χ1v) is 21.6. The van der Waals surface area contributed by atoms with E-state index >= 15 is 0 Å². The summed E-state index contributed by atoms with van der Waals surface area (Å²) in [6.45, 7) is 7.53. The molecule has 3 heterocycles. The fourth-order valence-electron chi connectivity index (χ4n) is 5.09. The first-order chi connectivity index (χ1) is 19.7. The number of aromatic nitrogens is 2. The van der Waals surface area contributed by atoms with Crippen LogP contribution in [-0.2, 0) is 18.2 Å². The van der Waals surface area contributed by atoms with Crippen LogP contribution in [0.5, 0.6) is 0 Å². The van der Waals surface area contributed by atoms with Gasteiger partial charge in [0.25, 0.3) is 0 Å². The van der Waals surface area contributed by atoms with Crippen LogP contribution in [-0.4, -0.2) is 75.8 Å². The summed E-state index contributed by atoms with van der Waals surface area (Å²) in [6, 6.07) is 20.9. The van der Waals surface area contributed by atoms with Gasteiger partial charge >= 0.3 is 211 Å². The number of piperidine rings is 1. The Balaban J connectivity index is 1.33. The predicted molar refractivity (Wildman–Crippen MR) is 171 cm³/mol. The Kier molecular flexibility index (Phi) is 9.77. The van der Waals surface area contributed by atoms with Crippen molar-refractivity contribution in [3.05, 3.63) is 77.6 Å². The van der Waals surface area contributed by atoms with Gasteiger partial charge in [0.1, 0.15) is 5.60 Å². The zero-order valence-corrected chi connectivity index (χ0v) is 27.8. The van der Waals surface area contributed by atoms with Gasteiger partial charge in [0.05, 0.1) is 0 Å². The maximum atomic E-state index is 14.1. The third-order valence-electron chi connectivity index (χ3n) is 7.25. The normalized spacial score (nSPS) is 16.6. The van der Waals surface area contributed by atoms with Gasteiger partial charge in [-0.15, -0.1) is 0 Å². The Hall–Kier alpha value is -2.35. The first-order valence-electron chi connectivity index (χ1n) is 14.2. The summed E-state index contributed by atoms with van der Waals surface area (Å²) in [5.74, 6) is 2.68. The molecule has 218 valence electrons. The average Bonchev–Trinajstić information content (AvgIpc) is 3.62. The van der Waals surface area contributed by atoms with Crippen LogP contribution in [0.25, 0.3) is 0 Å². The van der Waals surface area contributed by atoms with Gasteiger partial charge < -0.3 is 0 Å². The Morgan fingerprint density at radius 2 is 1.68 bits per heavy atom. The number of aryl methyl sites for hydroxylation is 1. The van der Waals surface area contributed by atoms with Gasteiger partial charge in [-0.25, -0.2) is 0 Å². The van der Waals surface area contributed by atoms with Crippen LogP contribution >= 0.6 is 20.0 Å². The molecular formula is C31H39AsN4O3S2. The summed E-state index contributed by atoms with van der Waals surface area (Å²) in [5, 5.41) is 4.65. The second kappa shape index (κ2) is 13.3. The Morgan fingerprint density at radius 3 is 2.32 bits per heavy atom. The number of nitrogens with zero attached hydrogens (tertiary/aromatic N) is 4. The number of likely N-dealkylation sites (tertiary alicyclic amines) is 1. The van der Waals surface area contributed by atoms with Gasteiger partial charge in [-0.3, -0.25) is 0 Å². The molecule has 3 aromatic rings. The quantitative estimate of drug-likeness (QED) is 0.315. The number of rotatable bonds is 7. The summed E-state index contributed by atoms with van der Waals surface area (Å²) in [5.41, 5.74) is 3.05. The molecule has 41 heavy (non-hydrogen) atoms. The van der Waals surface area contributed by atoms with Crippen molar-refractivity contribution in [2.75, 3.05) is 36.0 Å². The van der Waals surface area contributed by atoms with E-state index in [1.54, 1.807) is 4.90 Å². The van der Waals surface area contributed by atoms with E-state index in [9.17, 15) is 9.59 Å². The summed E-state index contributed by atoms with van der Waals surface area (Å²) in [7, 11) is 6.16. The molecule has 1 aromatic heterocycles. The molecule has 2 aliphatic rings. The number of amides is 2. The van der Waals surface area contributed by atoms with Crippen LogP contribution in [0.3, 0.4) is 0 Å². The Morgan fingerprint density at radius 1 is 1.02 bits per heavy atom. The Labute approximate surface area is 254 Å². The summed E-state index contributed by atoms with van der Waals surface area (Å²) < 4.78 is 8.84. The van der Waals surface area contributed by atoms with Gasteiger partial charge in [-0.05, 0) is 20.8 Å². The summed E-state index contributed by atoms with van der Waals surface area (Å²) in [4.78, 5) is 30.4. The van der Waals surface area contributed by atoms with E-state index in [-0.39, 0.29) is 17.9 Å². The van der Waals surface area contributed by atoms with Gasteiger partial charge in [0.2, 0.25) is 0 Å². The molecule has 10 heteroatoms. The van der Waals surface area contributed by atoms with Crippen molar-refractivity contribution in [3.8, 4) is 0 Å². The minimum atomic E-state index is -1.09. The topological polar surface area (TPSA) is 67.7 Å². The number of benzene rings is 2. The standard InChI is InChI=1S/C31H39AsN4O3S2/c1-31(2,3)39-30(38)35-16-14-24(15-17-35)22-36(26-12-10-25(11-13-26)32-40-18-19-41-32)29(37)28-21-27(34(4)33-28)20-23-8-6-5-7-9-23/h5-13,21,24H,14-20,22H2,1-4H3. The SMILES string of the molecule is Cn1nc(C(=O)N(CC2CCN(C(=O)OC(C)(C)C)CC2)c2ccc([As]3SCCS3)cc2)cc1Cc1ccccc1. The van der Waals surface area contributed by atoms with Crippen LogP contribution in [0, 0.1) is 5.92 Å². The van der Waals surface area contributed by atoms with Crippen LogP contribution in [0.1, 0.15) is 55.4 Å². The number of ether oxygens (including phenoxy) is 1. The van der Waals surface area contributed by atoms with E-state index in [4.69, 9.17) is 4.74 Å². The fraction of sp³-hybridized carbons (Fsp3) is 0.452. The smallest absolute Gasteiger partial charge is 0.0622 e. The van der Waals surface area contributed by atoms with E-state index in [1.165, 1.54) is 21.4 Å². The van der Waals surface area contributed by atoms with Crippen LogP contribution < -0.4 is 9.25 Å². The van der Waals surface area contributed by atoms with Crippen LogP contribution in [0.2, 0.25) is 0 Å². The molecule has 0 N–H and O–H groups in total. The second-order valence-corrected chi connectivity index (χ2v) is 23.3. The van der Waals surface area contributed by atoms with Crippen molar-refractivity contribution >= 4 is 54.4 Å². The van der Waals surface area contributed by atoms with Crippen molar-refractivity contribution in [1.82, 2.24) is 14.7 Å².